The Morgan fingerprint density at radius 1 is 1.31 bits per heavy atom. The average molecular weight is 256 g/mol. The van der Waals surface area contributed by atoms with Crippen LogP contribution in [0.5, 0.6) is 0 Å². The summed E-state index contributed by atoms with van der Waals surface area (Å²) in [5.74, 6) is -1.10. The number of aromatic nitrogens is 1. The molecule has 0 radical (unpaired) electrons. The van der Waals surface area contributed by atoms with E-state index in [0.29, 0.717) is 15.9 Å². The van der Waals surface area contributed by atoms with Gasteiger partial charge in [-0.25, -0.2) is 9.78 Å². The van der Waals surface area contributed by atoms with E-state index in [1.165, 1.54) is 6.07 Å². The molecule has 1 aromatic heterocycles. The predicted molar refractivity (Wildman–Crippen MR) is 63.5 cm³/mol. The van der Waals surface area contributed by atoms with Crippen LogP contribution in [-0.2, 0) is 0 Å². The van der Waals surface area contributed by atoms with Crippen molar-refractivity contribution >= 4 is 40.1 Å². The van der Waals surface area contributed by atoms with E-state index in [1.54, 1.807) is 6.07 Å². The van der Waals surface area contributed by atoms with E-state index in [-0.39, 0.29) is 10.7 Å². The minimum atomic E-state index is -1.10. The number of carbonyl (C=O) groups is 1. The van der Waals surface area contributed by atoms with Crippen molar-refractivity contribution in [1.82, 2.24) is 4.98 Å². The number of fused-ring (bicyclic) bond motifs is 1. The van der Waals surface area contributed by atoms with Gasteiger partial charge in [0.1, 0.15) is 5.15 Å². The third-order valence-corrected chi connectivity index (χ3v) is 2.78. The van der Waals surface area contributed by atoms with Crippen molar-refractivity contribution in [1.29, 1.82) is 0 Å². The first-order chi connectivity index (χ1) is 7.49. The van der Waals surface area contributed by atoms with Gasteiger partial charge in [-0.05, 0) is 30.7 Å². The van der Waals surface area contributed by atoms with E-state index < -0.39 is 5.97 Å². The molecular weight excluding hydrogens is 249 g/mol. The van der Waals surface area contributed by atoms with Crippen molar-refractivity contribution in [3.63, 3.8) is 0 Å². The van der Waals surface area contributed by atoms with E-state index in [4.69, 9.17) is 28.3 Å². The van der Waals surface area contributed by atoms with Crippen molar-refractivity contribution in [2.24, 2.45) is 0 Å². The second-order valence-electron chi connectivity index (χ2n) is 3.45. The van der Waals surface area contributed by atoms with Gasteiger partial charge in [0.25, 0.3) is 0 Å². The average Bonchev–Trinajstić information content (AvgIpc) is 2.18. The molecule has 0 aliphatic rings. The number of carboxylic acid groups (broad SMARTS) is 1. The van der Waals surface area contributed by atoms with E-state index >= 15 is 0 Å². The maximum absolute atomic E-state index is 10.9. The summed E-state index contributed by atoms with van der Waals surface area (Å²) in [6.07, 6.45) is 0. The highest BCUT2D eigenvalue weighted by Crippen LogP contribution is 2.27. The summed E-state index contributed by atoms with van der Waals surface area (Å²) in [6.45, 7) is 1.88. The predicted octanol–water partition coefficient (Wildman–Crippen LogP) is 3.55. The number of rotatable bonds is 1. The molecule has 0 aliphatic carbocycles. The normalized spacial score (nSPS) is 10.7. The SMILES string of the molecule is Cc1cc(Cl)c2nc(Cl)c(C(=O)O)cc2c1. The molecule has 0 saturated heterocycles. The maximum atomic E-state index is 10.9. The summed E-state index contributed by atoms with van der Waals surface area (Å²) < 4.78 is 0. The molecule has 0 atom stereocenters. The van der Waals surface area contributed by atoms with Crippen molar-refractivity contribution in [2.75, 3.05) is 0 Å². The van der Waals surface area contributed by atoms with Gasteiger partial charge in [-0.1, -0.05) is 23.2 Å². The van der Waals surface area contributed by atoms with Crippen molar-refractivity contribution in [2.45, 2.75) is 6.92 Å². The molecule has 0 bridgehead atoms. The Balaban J connectivity index is 2.84. The molecule has 5 heteroatoms. The second-order valence-corrected chi connectivity index (χ2v) is 4.22. The van der Waals surface area contributed by atoms with Gasteiger partial charge in [-0.3, -0.25) is 0 Å². The first kappa shape index (κ1) is 11.2. The first-order valence-corrected chi connectivity index (χ1v) is 5.24. The molecule has 0 saturated carbocycles. The molecule has 0 aliphatic heterocycles. The van der Waals surface area contributed by atoms with Crippen LogP contribution in [-0.4, -0.2) is 16.1 Å². The van der Waals surface area contributed by atoms with Crippen LogP contribution in [0.2, 0.25) is 10.2 Å². The molecule has 1 heterocycles. The minimum Gasteiger partial charge on any atom is -0.478 e. The Morgan fingerprint density at radius 3 is 2.62 bits per heavy atom. The summed E-state index contributed by atoms with van der Waals surface area (Å²) in [4.78, 5) is 14.9. The van der Waals surface area contributed by atoms with Crippen LogP contribution in [0, 0.1) is 6.92 Å². The van der Waals surface area contributed by atoms with Gasteiger partial charge in [-0.15, -0.1) is 0 Å². The van der Waals surface area contributed by atoms with Gasteiger partial charge in [0.2, 0.25) is 0 Å². The lowest BCUT2D eigenvalue weighted by molar-refractivity contribution is 0.0697. The number of halogens is 2. The smallest absolute Gasteiger partial charge is 0.338 e. The molecule has 82 valence electrons. The van der Waals surface area contributed by atoms with Gasteiger partial charge in [0, 0.05) is 5.39 Å². The van der Waals surface area contributed by atoms with E-state index in [9.17, 15) is 4.79 Å². The van der Waals surface area contributed by atoms with Crippen LogP contribution in [0.3, 0.4) is 0 Å². The van der Waals surface area contributed by atoms with Crippen LogP contribution in [0.1, 0.15) is 15.9 Å². The molecule has 0 spiro atoms. The van der Waals surface area contributed by atoms with Gasteiger partial charge < -0.3 is 5.11 Å². The van der Waals surface area contributed by atoms with Crippen LogP contribution >= 0.6 is 23.2 Å². The Hall–Kier alpha value is -1.32. The lowest BCUT2D eigenvalue weighted by Crippen LogP contribution is -1.99. The quantitative estimate of drug-likeness (QED) is 0.793. The number of carboxylic acids is 1. The monoisotopic (exact) mass is 255 g/mol. The van der Waals surface area contributed by atoms with Crippen molar-refractivity contribution < 1.29 is 9.90 Å². The molecular formula is C11H7Cl2NO2. The zero-order valence-electron chi connectivity index (χ0n) is 8.29. The van der Waals surface area contributed by atoms with Crippen LogP contribution < -0.4 is 0 Å². The number of hydrogen-bond acceptors (Lipinski definition) is 2. The van der Waals surface area contributed by atoms with E-state index in [1.807, 2.05) is 13.0 Å². The molecule has 1 N–H and O–H groups in total. The Kier molecular flexibility index (Phi) is 2.74. The number of pyridine rings is 1. The molecule has 16 heavy (non-hydrogen) atoms. The summed E-state index contributed by atoms with van der Waals surface area (Å²) in [5, 5.41) is 10.00. The van der Waals surface area contributed by atoms with Crippen molar-refractivity contribution in [3.8, 4) is 0 Å². The summed E-state index contributed by atoms with van der Waals surface area (Å²) in [5.41, 5.74) is 1.44. The van der Waals surface area contributed by atoms with Gasteiger partial charge >= 0.3 is 5.97 Å². The molecule has 2 rings (SSSR count). The van der Waals surface area contributed by atoms with Crippen molar-refractivity contribution in [3.05, 3.63) is 39.5 Å². The minimum absolute atomic E-state index is 0.0177. The van der Waals surface area contributed by atoms with Crippen LogP contribution in [0.25, 0.3) is 10.9 Å². The molecule has 2 aromatic rings. The lowest BCUT2D eigenvalue weighted by Gasteiger charge is -2.05. The fourth-order valence-electron chi connectivity index (χ4n) is 1.51. The molecule has 0 fully saturated rings. The number of hydrogen-bond donors (Lipinski definition) is 1. The maximum Gasteiger partial charge on any atom is 0.338 e. The molecule has 1 aromatic carbocycles. The second kappa shape index (κ2) is 3.92. The van der Waals surface area contributed by atoms with E-state index in [0.717, 1.165) is 5.56 Å². The van der Waals surface area contributed by atoms with E-state index in [2.05, 4.69) is 4.98 Å². The number of benzene rings is 1. The van der Waals surface area contributed by atoms with Gasteiger partial charge in [0.05, 0.1) is 16.1 Å². The topological polar surface area (TPSA) is 50.2 Å². The molecule has 0 amide bonds. The van der Waals surface area contributed by atoms with Crippen LogP contribution in [0.15, 0.2) is 18.2 Å². The number of nitrogens with zero attached hydrogens (tertiary/aromatic N) is 1. The van der Waals surface area contributed by atoms with Gasteiger partial charge in [-0.2, -0.15) is 0 Å². The third kappa shape index (κ3) is 1.84. The Labute approximate surface area is 102 Å². The van der Waals surface area contributed by atoms with Crippen LogP contribution in [0.4, 0.5) is 0 Å². The first-order valence-electron chi connectivity index (χ1n) is 4.48. The summed E-state index contributed by atoms with van der Waals surface area (Å²) in [6, 6.07) is 5.05. The standard InChI is InChI=1S/C11H7Cl2NO2/c1-5-2-6-4-7(11(15)16)10(13)14-9(6)8(12)3-5/h2-4H,1H3,(H,15,16). The highest BCUT2D eigenvalue weighted by molar-refractivity contribution is 6.36. The Morgan fingerprint density at radius 2 is 2.00 bits per heavy atom. The van der Waals surface area contributed by atoms with Gasteiger partial charge in [0.15, 0.2) is 0 Å². The third-order valence-electron chi connectivity index (χ3n) is 2.20. The fraction of sp³-hybridized carbons (Fsp3) is 0.0909. The molecule has 3 nitrogen and oxygen atoms in total. The highest BCUT2D eigenvalue weighted by atomic mass is 35.5. The zero-order valence-corrected chi connectivity index (χ0v) is 9.80. The summed E-state index contributed by atoms with van der Waals surface area (Å²) in [7, 11) is 0. The highest BCUT2D eigenvalue weighted by Gasteiger charge is 2.13. The lowest BCUT2D eigenvalue weighted by atomic mass is 10.1. The zero-order chi connectivity index (χ0) is 11.9. The largest absolute Gasteiger partial charge is 0.478 e. The number of aromatic carboxylic acids is 1. The molecule has 0 unspecified atom stereocenters. The fourth-order valence-corrected chi connectivity index (χ4v) is 2.06. The summed E-state index contributed by atoms with van der Waals surface area (Å²) >= 11 is 11.8. The Bertz CT molecular complexity index is 596. The number of aryl methyl sites for hydroxylation is 1.